The van der Waals surface area contributed by atoms with E-state index in [0.29, 0.717) is 17.4 Å². The highest BCUT2D eigenvalue weighted by molar-refractivity contribution is 5.78. The van der Waals surface area contributed by atoms with Crippen molar-refractivity contribution in [3.63, 3.8) is 0 Å². The fourth-order valence-electron chi connectivity index (χ4n) is 3.70. The molecule has 1 saturated heterocycles. The number of amides is 1. The van der Waals surface area contributed by atoms with Crippen molar-refractivity contribution < 1.29 is 23.7 Å². The molecular weight excluding hydrogens is 370 g/mol. The highest BCUT2D eigenvalue weighted by Crippen LogP contribution is 2.30. The zero-order valence-corrected chi connectivity index (χ0v) is 17.3. The first-order valence-corrected chi connectivity index (χ1v) is 9.89. The largest absolute Gasteiger partial charge is 0.493 e. The molecule has 1 fully saturated rings. The Bertz CT molecular complexity index is 815. The Labute approximate surface area is 172 Å². The van der Waals surface area contributed by atoms with E-state index in [4.69, 9.17) is 18.9 Å². The second-order valence-corrected chi connectivity index (χ2v) is 7.16. The molecule has 0 unspecified atom stereocenters. The number of para-hydroxylation sites is 2. The van der Waals surface area contributed by atoms with Crippen LogP contribution in [-0.2, 0) is 11.2 Å². The first kappa shape index (κ1) is 20.8. The third-order valence-electron chi connectivity index (χ3n) is 5.36. The summed E-state index contributed by atoms with van der Waals surface area (Å²) in [5, 5.41) is 0. The third kappa shape index (κ3) is 5.34. The van der Waals surface area contributed by atoms with Crippen LogP contribution in [-0.4, -0.2) is 51.8 Å². The molecule has 156 valence electrons. The van der Waals surface area contributed by atoms with E-state index in [9.17, 15) is 4.79 Å². The van der Waals surface area contributed by atoms with E-state index in [0.717, 1.165) is 43.9 Å². The number of carbonyl (C=O) groups excluding carboxylic acids is 1. The molecule has 1 aliphatic rings. The fourth-order valence-corrected chi connectivity index (χ4v) is 3.70. The Morgan fingerprint density at radius 3 is 2.17 bits per heavy atom. The zero-order valence-electron chi connectivity index (χ0n) is 17.3. The molecule has 0 radical (unpaired) electrons. The zero-order chi connectivity index (χ0) is 20.6. The summed E-state index contributed by atoms with van der Waals surface area (Å²) < 4.78 is 21.6. The van der Waals surface area contributed by atoms with Crippen molar-refractivity contribution in [2.45, 2.75) is 19.3 Å². The molecule has 0 aliphatic carbocycles. The van der Waals surface area contributed by atoms with Gasteiger partial charge in [-0.25, -0.2) is 0 Å². The number of methoxy groups -OCH3 is 3. The van der Waals surface area contributed by atoms with E-state index in [1.807, 2.05) is 41.3 Å². The summed E-state index contributed by atoms with van der Waals surface area (Å²) in [6, 6.07) is 13.4. The first-order valence-electron chi connectivity index (χ1n) is 9.89. The molecule has 6 heteroatoms. The normalized spacial score (nSPS) is 14.4. The van der Waals surface area contributed by atoms with Crippen LogP contribution in [0.1, 0.15) is 18.4 Å². The minimum atomic E-state index is 0.0143. The van der Waals surface area contributed by atoms with E-state index in [-0.39, 0.29) is 12.5 Å². The maximum Gasteiger partial charge on any atom is 0.260 e. The molecule has 0 saturated carbocycles. The van der Waals surface area contributed by atoms with Gasteiger partial charge in [0.25, 0.3) is 5.91 Å². The number of hydrogen-bond acceptors (Lipinski definition) is 5. The summed E-state index contributed by atoms with van der Waals surface area (Å²) in [6.45, 7) is 1.54. The maximum atomic E-state index is 12.5. The number of hydrogen-bond donors (Lipinski definition) is 0. The van der Waals surface area contributed by atoms with Crippen LogP contribution in [0.15, 0.2) is 42.5 Å². The van der Waals surface area contributed by atoms with Gasteiger partial charge in [0.15, 0.2) is 29.6 Å². The van der Waals surface area contributed by atoms with Crippen LogP contribution >= 0.6 is 0 Å². The number of nitrogens with zero attached hydrogens (tertiary/aromatic N) is 1. The topological polar surface area (TPSA) is 57.2 Å². The highest BCUT2D eigenvalue weighted by atomic mass is 16.5. The van der Waals surface area contributed by atoms with E-state index in [1.54, 1.807) is 21.3 Å². The molecule has 0 N–H and O–H groups in total. The van der Waals surface area contributed by atoms with Crippen LogP contribution in [0.25, 0.3) is 0 Å². The van der Waals surface area contributed by atoms with Crippen LogP contribution in [0.4, 0.5) is 0 Å². The standard InChI is InChI=1S/C23H29NO5/c1-26-19-6-4-5-7-21(19)29-16-23(25)24-12-10-17(11-13-24)14-18-8-9-20(27-2)22(15-18)28-3/h4-9,15,17H,10-14,16H2,1-3H3. The summed E-state index contributed by atoms with van der Waals surface area (Å²) in [7, 11) is 4.88. The number of piperidine rings is 1. The van der Waals surface area contributed by atoms with E-state index < -0.39 is 0 Å². The van der Waals surface area contributed by atoms with Crippen molar-refractivity contribution in [2.24, 2.45) is 5.92 Å². The minimum Gasteiger partial charge on any atom is -0.493 e. The number of likely N-dealkylation sites (tertiary alicyclic amines) is 1. The molecule has 1 amide bonds. The maximum absolute atomic E-state index is 12.5. The predicted molar refractivity (Wildman–Crippen MR) is 111 cm³/mol. The lowest BCUT2D eigenvalue weighted by Crippen LogP contribution is -2.41. The van der Waals surface area contributed by atoms with E-state index in [1.165, 1.54) is 5.56 Å². The summed E-state index contributed by atoms with van der Waals surface area (Å²) in [6.07, 6.45) is 2.93. The molecule has 0 spiro atoms. The Hall–Kier alpha value is -2.89. The average molecular weight is 399 g/mol. The van der Waals surface area contributed by atoms with Crippen molar-refractivity contribution in [3.8, 4) is 23.0 Å². The van der Waals surface area contributed by atoms with Crippen LogP contribution in [0, 0.1) is 5.92 Å². The third-order valence-corrected chi connectivity index (χ3v) is 5.36. The second-order valence-electron chi connectivity index (χ2n) is 7.16. The monoisotopic (exact) mass is 399 g/mol. The van der Waals surface area contributed by atoms with E-state index >= 15 is 0 Å². The molecule has 6 nitrogen and oxygen atoms in total. The summed E-state index contributed by atoms with van der Waals surface area (Å²) in [5.74, 6) is 3.28. The molecule has 3 rings (SSSR count). The van der Waals surface area contributed by atoms with Gasteiger partial charge in [0, 0.05) is 13.1 Å². The quantitative estimate of drug-likeness (QED) is 0.679. The summed E-state index contributed by atoms with van der Waals surface area (Å²) >= 11 is 0. The van der Waals surface area contributed by atoms with Gasteiger partial charge in [-0.15, -0.1) is 0 Å². The number of ether oxygens (including phenoxy) is 4. The number of benzene rings is 2. The highest BCUT2D eigenvalue weighted by Gasteiger charge is 2.23. The van der Waals surface area contributed by atoms with Gasteiger partial charge >= 0.3 is 0 Å². The smallest absolute Gasteiger partial charge is 0.260 e. The van der Waals surface area contributed by atoms with Gasteiger partial charge in [0.05, 0.1) is 21.3 Å². The first-order chi connectivity index (χ1) is 14.1. The molecule has 0 bridgehead atoms. The van der Waals surface area contributed by atoms with Gasteiger partial charge in [0.2, 0.25) is 0 Å². The minimum absolute atomic E-state index is 0.0143. The number of carbonyl (C=O) groups is 1. The summed E-state index contributed by atoms with van der Waals surface area (Å²) in [4.78, 5) is 14.4. The SMILES string of the molecule is COc1ccc(CC2CCN(C(=O)COc3ccccc3OC)CC2)cc1OC. The van der Waals surface area contributed by atoms with Gasteiger partial charge in [0.1, 0.15) is 0 Å². The Morgan fingerprint density at radius 1 is 0.897 bits per heavy atom. The second kappa shape index (κ2) is 10.0. The lowest BCUT2D eigenvalue weighted by atomic mass is 9.90. The molecule has 0 aromatic heterocycles. The van der Waals surface area contributed by atoms with Crippen molar-refractivity contribution in [3.05, 3.63) is 48.0 Å². The molecule has 29 heavy (non-hydrogen) atoms. The van der Waals surface area contributed by atoms with Gasteiger partial charge in [-0.3, -0.25) is 4.79 Å². The van der Waals surface area contributed by atoms with Gasteiger partial charge < -0.3 is 23.8 Å². The predicted octanol–water partition coefficient (Wildman–Crippen LogP) is 3.57. The molecule has 1 heterocycles. The van der Waals surface area contributed by atoms with Crippen molar-refractivity contribution in [1.82, 2.24) is 4.90 Å². The average Bonchev–Trinajstić information content (AvgIpc) is 2.78. The van der Waals surface area contributed by atoms with Crippen LogP contribution < -0.4 is 18.9 Å². The van der Waals surface area contributed by atoms with Gasteiger partial charge in [-0.2, -0.15) is 0 Å². The molecule has 2 aromatic carbocycles. The van der Waals surface area contributed by atoms with E-state index in [2.05, 4.69) is 6.07 Å². The lowest BCUT2D eigenvalue weighted by molar-refractivity contribution is -0.134. The van der Waals surface area contributed by atoms with Crippen molar-refractivity contribution >= 4 is 5.91 Å². The number of rotatable bonds is 8. The van der Waals surface area contributed by atoms with Crippen molar-refractivity contribution in [1.29, 1.82) is 0 Å². The van der Waals surface area contributed by atoms with Crippen molar-refractivity contribution in [2.75, 3.05) is 41.0 Å². The van der Waals surface area contributed by atoms with Gasteiger partial charge in [-0.05, 0) is 55.0 Å². The summed E-state index contributed by atoms with van der Waals surface area (Å²) in [5.41, 5.74) is 1.23. The molecule has 0 atom stereocenters. The Kier molecular flexibility index (Phi) is 7.22. The molecule has 2 aromatic rings. The fraction of sp³-hybridized carbons (Fsp3) is 0.435. The van der Waals surface area contributed by atoms with Crippen LogP contribution in [0.5, 0.6) is 23.0 Å². The van der Waals surface area contributed by atoms with Crippen LogP contribution in [0.2, 0.25) is 0 Å². The Balaban J connectivity index is 1.48. The molecular formula is C23H29NO5. The molecule has 1 aliphatic heterocycles. The Morgan fingerprint density at radius 2 is 1.52 bits per heavy atom. The van der Waals surface area contributed by atoms with Gasteiger partial charge in [-0.1, -0.05) is 18.2 Å². The lowest BCUT2D eigenvalue weighted by Gasteiger charge is -2.32. The van der Waals surface area contributed by atoms with Crippen LogP contribution in [0.3, 0.4) is 0 Å².